The Morgan fingerprint density at radius 3 is 3.07 bits per heavy atom. The molecule has 0 amide bonds. The molecule has 1 saturated carbocycles. The Balaban J connectivity index is 1.82. The van der Waals surface area contributed by atoms with Crippen molar-refractivity contribution in [3.8, 4) is 0 Å². The van der Waals surface area contributed by atoms with Crippen LogP contribution in [0, 0.1) is 12.8 Å². The van der Waals surface area contributed by atoms with Crippen LogP contribution < -0.4 is 0 Å². The molecule has 1 radical (unpaired) electrons. The Kier molecular flexibility index (Phi) is 2.16. The predicted molar refractivity (Wildman–Crippen MR) is 58.9 cm³/mol. The summed E-state index contributed by atoms with van der Waals surface area (Å²) < 4.78 is 0. The number of hydrogen-bond acceptors (Lipinski definition) is 1. The maximum absolute atomic E-state index is 4.11. The average molecular weight is 190 g/mol. The highest BCUT2D eigenvalue weighted by Gasteiger charge is 2.41. The van der Waals surface area contributed by atoms with Crippen LogP contribution >= 0.6 is 0 Å². The highest BCUT2D eigenvalue weighted by molar-refractivity contribution is 5.17. The standard InChI is InChI=1S/C13H20N/c1-10-6-7-14-12(8-10)9-11-4-2-3-5-13(11)14/h8,11-13H,1-7,9H2. The van der Waals surface area contributed by atoms with Gasteiger partial charge in [-0.2, -0.15) is 0 Å². The highest BCUT2D eigenvalue weighted by Crippen LogP contribution is 2.41. The number of fused-ring (bicyclic) bond motifs is 3. The van der Waals surface area contributed by atoms with Gasteiger partial charge in [0.1, 0.15) is 0 Å². The molecule has 1 aliphatic carbocycles. The summed E-state index contributed by atoms with van der Waals surface area (Å²) in [7, 11) is 0. The first kappa shape index (κ1) is 8.96. The molecular formula is C13H20N. The topological polar surface area (TPSA) is 3.24 Å². The zero-order valence-corrected chi connectivity index (χ0v) is 8.91. The van der Waals surface area contributed by atoms with Crippen molar-refractivity contribution in [1.82, 2.24) is 4.90 Å². The van der Waals surface area contributed by atoms with Crippen LogP contribution in [-0.2, 0) is 0 Å². The van der Waals surface area contributed by atoms with Crippen molar-refractivity contribution < 1.29 is 0 Å². The molecule has 2 heterocycles. The summed E-state index contributed by atoms with van der Waals surface area (Å²) in [5.74, 6) is 1.01. The van der Waals surface area contributed by atoms with Gasteiger partial charge in [-0.3, -0.25) is 4.90 Å². The van der Waals surface area contributed by atoms with Crippen LogP contribution in [0.2, 0.25) is 0 Å². The lowest BCUT2D eigenvalue weighted by molar-refractivity contribution is 0.161. The van der Waals surface area contributed by atoms with Gasteiger partial charge in [-0.25, -0.2) is 0 Å². The fourth-order valence-corrected chi connectivity index (χ4v) is 3.71. The molecule has 0 bridgehead atoms. The average Bonchev–Trinajstić information content (AvgIpc) is 2.54. The maximum atomic E-state index is 4.11. The summed E-state index contributed by atoms with van der Waals surface area (Å²) in [5.41, 5.74) is 1.38. The molecule has 0 spiro atoms. The van der Waals surface area contributed by atoms with Crippen molar-refractivity contribution in [2.24, 2.45) is 5.92 Å². The van der Waals surface area contributed by atoms with E-state index >= 15 is 0 Å². The van der Waals surface area contributed by atoms with Gasteiger partial charge in [-0.1, -0.05) is 24.5 Å². The molecule has 1 heteroatoms. The molecule has 1 nitrogen and oxygen atoms in total. The molecule has 3 unspecified atom stereocenters. The van der Waals surface area contributed by atoms with E-state index in [1.165, 1.54) is 50.6 Å². The third-order valence-corrected chi connectivity index (χ3v) is 4.38. The number of rotatable bonds is 0. The SMILES string of the molecule is [CH2]C1=CC2CC3CCCCC3N2CC1. The third-order valence-electron chi connectivity index (χ3n) is 4.38. The second-order valence-corrected chi connectivity index (χ2v) is 5.23. The van der Waals surface area contributed by atoms with Crippen molar-refractivity contribution in [1.29, 1.82) is 0 Å². The smallest absolute Gasteiger partial charge is 0.0287 e. The summed E-state index contributed by atoms with van der Waals surface area (Å²) in [6, 6.07) is 1.68. The molecule has 3 aliphatic rings. The molecule has 1 saturated heterocycles. The Hall–Kier alpha value is -0.300. The second-order valence-electron chi connectivity index (χ2n) is 5.23. The molecule has 0 aromatic heterocycles. The first-order valence-corrected chi connectivity index (χ1v) is 6.13. The summed E-state index contributed by atoms with van der Waals surface area (Å²) in [4.78, 5) is 2.76. The molecule has 77 valence electrons. The van der Waals surface area contributed by atoms with E-state index in [4.69, 9.17) is 0 Å². The molecule has 0 N–H and O–H groups in total. The van der Waals surface area contributed by atoms with Gasteiger partial charge in [-0.05, 0) is 38.5 Å². The summed E-state index contributed by atoms with van der Waals surface area (Å²) in [6.45, 7) is 5.39. The van der Waals surface area contributed by atoms with Crippen molar-refractivity contribution in [2.75, 3.05) is 6.54 Å². The summed E-state index contributed by atoms with van der Waals surface area (Å²) in [5, 5.41) is 0. The lowest BCUT2D eigenvalue weighted by Crippen LogP contribution is -2.40. The molecular weight excluding hydrogens is 170 g/mol. The van der Waals surface area contributed by atoms with Crippen LogP contribution in [0.4, 0.5) is 0 Å². The first-order chi connectivity index (χ1) is 6.84. The second kappa shape index (κ2) is 3.37. The highest BCUT2D eigenvalue weighted by atomic mass is 15.2. The van der Waals surface area contributed by atoms with Crippen LogP contribution in [0.1, 0.15) is 38.5 Å². The van der Waals surface area contributed by atoms with E-state index in [0.29, 0.717) is 0 Å². The van der Waals surface area contributed by atoms with Crippen LogP contribution in [0.3, 0.4) is 0 Å². The fraction of sp³-hybridized carbons (Fsp3) is 0.769. The van der Waals surface area contributed by atoms with Crippen molar-refractivity contribution in [2.45, 2.75) is 50.6 Å². The third kappa shape index (κ3) is 1.33. The van der Waals surface area contributed by atoms with E-state index in [9.17, 15) is 0 Å². The van der Waals surface area contributed by atoms with Crippen LogP contribution in [0.25, 0.3) is 0 Å². The Bertz CT molecular complexity index is 256. The van der Waals surface area contributed by atoms with Gasteiger partial charge in [0.05, 0.1) is 0 Å². The number of nitrogens with zero attached hydrogens (tertiary/aromatic N) is 1. The largest absolute Gasteiger partial charge is 0.293 e. The van der Waals surface area contributed by atoms with Gasteiger partial charge in [0.25, 0.3) is 0 Å². The van der Waals surface area contributed by atoms with Crippen LogP contribution in [-0.4, -0.2) is 23.5 Å². The summed E-state index contributed by atoms with van der Waals surface area (Å²) >= 11 is 0. The van der Waals surface area contributed by atoms with E-state index in [2.05, 4.69) is 17.9 Å². The lowest BCUT2D eigenvalue weighted by atomic mass is 9.85. The van der Waals surface area contributed by atoms with Crippen molar-refractivity contribution in [3.63, 3.8) is 0 Å². The minimum absolute atomic E-state index is 0.754. The summed E-state index contributed by atoms with van der Waals surface area (Å²) in [6.07, 6.45) is 10.9. The van der Waals surface area contributed by atoms with Crippen molar-refractivity contribution in [3.05, 3.63) is 18.6 Å². The van der Waals surface area contributed by atoms with E-state index < -0.39 is 0 Å². The lowest BCUT2D eigenvalue weighted by Gasteiger charge is -2.35. The number of hydrogen-bond donors (Lipinski definition) is 0. The zero-order chi connectivity index (χ0) is 9.54. The van der Waals surface area contributed by atoms with Gasteiger partial charge in [0.15, 0.2) is 0 Å². The molecule has 3 atom stereocenters. The van der Waals surface area contributed by atoms with Crippen molar-refractivity contribution >= 4 is 0 Å². The quantitative estimate of drug-likeness (QED) is 0.568. The normalized spacial score (nSPS) is 42.9. The van der Waals surface area contributed by atoms with Gasteiger partial charge in [0, 0.05) is 18.6 Å². The molecule has 14 heavy (non-hydrogen) atoms. The Labute approximate surface area is 87.2 Å². The fourth-order valence-electron chi connectivity index (χ4n) is 3.71. The van der Waals surface area contributed by atoms with Gasteiger partial charge < -0.3 is 0 Å². The minimum Gasteiger partial charge on any atom is -0.293 e. The molecule has 0 aromatic carbocycles. The van der Waals surface area contributed by atoms with E-state index in [-0.39, 0.29) is 0 Å². The van der Waals surface area contributed by atoms with E-state index in [1.54, 1.807) is 0 Å². The van der Waals surface area contributed by atoms with Gasteiger partial charge in [-0.15, -0.1) is 0 Å². The maximum Gasteiger partial charge on any atom is 0.0287 e. The zero-order valence-electron chi connectivity index (χ0n) is 8.91. The Morgan fingerprint density at radius 2 is 2.14 bits per heavy atom. The minimum atomic E-state index is 0.754. The van der Waals surface area contributed by atoms with Crippen LogP contribution in [0.15, 0.2) is 11.6 Å². The molecule has 3 rings (SSSR count). The predicted octanol–water partition coefficient (Wildman–Crippen LogP) is 2.78. The van der Waals surface area contributed by atoms with Gasteiger partial charge in [0.2, 0.25) is 0 Å². The monoisotopic (exact) mass is 190 g/mol. The van der Waals surface area contributed by atoms with Crippen LogP contribution in [0.5, 0.6) is 0 Å². The molecule has 0 aromatic rings. The van der Waals surface area contributed by atoms with E-state index in [0.717, 1.165) is 18.0 Å². The Morgan fingerprint density at radius 1 is 1.29 bits per heavy atom. The first-order valence-electron chi connectivity index (χ1n) is 6.13. The molecule has 2 aliphatic heterocycles. The van der Waals surface area contributed by atoms with Gasteiger partial charge >= 0.3 is 0 Å². The van der Waals surface area contributed by atoms with E-state index in [1.807, 2.05) is 0 Å². The molecule has 2 fully saturated rings.